The number of nitrogens with zero attached hydrogens (tertiary/aromatic N) is 2. The van der Waals surface area contributed by atoms with Gasteiger partial charge < -0.3 is 11.1 Å². The van der Waals surface area contributed by atoms with E-state index in [1.165, 1.54) is 4.88 Å². The largest absolute Gasteiger partial charge is 0.396 e. The summed E-state index contributed by atoms with van der Waals surface area (Å²) < 4.78 is 0. The van der Waals surface area contributed by atoms with E-state index >= 15 is 0 Å². The fourth-order valence-corrected chi connectivity index (χ4v) is 2.29. The molecule has 0 fully saturated rings. The Labute approximate surface area is 98.6 Å². The number of anilines is 2. The van der Waals surface area contributed by atoms with Gasteiger partial charge >= 0.3 is 0 Å². The van der Waals surface area contributed by atoms with Crippen molar-refractivity contribution in [3.63, 3.8) is 0 Å². The summed E-state index contributed by atoms with van der Waals surface area (Å²) in [5.41, 5.74) is 6.11. The van der Waals surface area contributed by atoms with Gasteiger partial charge in [-0.05, 0) is 17.9 Å². The predicted octanol–water partition coefficient (Wildman–Crippen LogP) is 2.68. The number of hydrogen-bond donors (Lipinski definition) is 2. The summed E-state index contributed by atoms with van der Waals surface area (Å²) in [7, 11) is 0. The number of rotatable bonds is 4. The topological polar surface area (TPSA) is 63.8 Å². The Morgan fingerprint density at radius 3 is 2.75 bits per heavy atom. The quantitative estimate of drug-likeness (QED) is 0.853. The van der Waals surface area contributed by atoms with Crippen molar-refractivity contribution in [1.29, 1.82) is 0 Å². The van der Waals surface area contributed by atoms with Crippen LogP contribution in [0.25, 0.3) is 0 Å². The second-order valence-electron chi connectivity index (χ2n) is 3.46. The molecule has 0 aliphatic heterocycles. The van der Waals surface area contributed by atoms with Crippen LogP contribution >= 0.6 is 11.3 Å². The molecular formula is C11H14N4S. The van der Waals surface area contributed by atoms with E-state index in [0.717, 1.165) is 6.42 Å². The average Bonchev–Trinajstić information content (AvgIpc) is 2.82. The van der Waals surface area contributed by atoms with Gasteiger partial charge in [0.2, 0.25) is 5.95 Å². The van der Waals surface area contributed by atoms with Crippen LogP contribution in [-0.2, 0) is 0 Å². The molecule has 0 saturated heterocycles. The van der Waals surface area contributed by atoms with Crippen molar-refractivity contribution in [2.24, 2.45) is 0 Å². The molecule has 1 atom stereocenters. The number of thiophene rings is 1. The van der Waals surface area contributed by atoms with Crippen molar-refractivity contribution in [3.8, 4) is 0 Å². The maximum Gasteiger partial charge on any atom is 0.223 e. The van der Waals surface area contributed by atoms with E-state index < -0.39 is 0 Å². The first kappa shape index (κ1) is 10.9. The zero-order chi connectivity index (χ0) is 11.4. The fraction of sp³-hybridized carbons (Fsp3) is 0.273. The lowest BCUT2D eigenvalue weighted by molar-refractivity contribution is 0.752. The standard InChI is InChI=1S/C11H14N4S/c1-2-9(10-4-3-5-16-10)15-11-13-6-8(12)7-14-11/h3-7,9H,2,12H2,1H3,(H,13,14,15). The van der Waals surface area contributed by atoms with Crippen LogP contribution in [0.15, 0.2) is 29.9 Å². The van der Waals surface area contributed by atoms with Crippen LogP contribution in [0.5, 0.6) is 0 Å². The molecule has 0 aromatic carbocycles. The summed E-state index contributed by atoms with van der Waals surface area (Å²) in [6.45, 7) is 2.13. The third-order valence-corrected chi connectivity index (χ3v) is 3.26. The molecule has 3 N–H and O–H groups in total. The molecular weight excluding hydrogens is 220 g/mol. The van der Waals surface area contributed by atoms with Gasteiger partial charge in [-0.15, -0.1) is 11.3 Å². The lowest BCUT2D eigenvalue weighted by Gasteiger charge is -2.14. The Morgan fingerprint density at radius 1 is 1.44 bits per heavy atom. The van der Waals surface area contributed by atoms with Crippen LogP contribution < -0.4 is 11.1 Å². The first-order valence-corrected chi connectivity index (χ1v) is 6.05. The van der Waals surface area contributed by atoms with Gasteiger partial charge in [0, 0.05) is 4.88 Å². The smallest absolute Gasteiger partial charge is 0.223 e. The number of aromatic nitrogens is 2. The molecule has 0 aliphatic carbocycles. The maximum absolute atomic E-state index is 5.53. The Hall–Kier alpha value is -1.62. The van der Waals surface area contributed by atoms with E-state index in [4.69, 9.17) is 5.73 Å². The number of nitrogen functional groups attached to an aromatic ring is 1. The molecule has 84 valence electrons. The van der Waals surface area contributed by atoms with Crippen LogP contribution in [0.3, 0.4) is 0 Å². The summed E-state index contributed by atoms with van der Waals surface area (Å²) in [5.74, 6) is 0.620. The minimum Gasteiger partial charge on any atom is -0.396 e. The van der Waals surface area contributed by atoms with Gasteiger partial charge in [-0.2, -0.15) is 0 Å². The predicted molar refractivity (Wildman–Crippen MR) is 67.4 cm³/mol. The van der Waals surface area contributed by atoms with Crippen LogP contribution in [0, 0.1) is 0 Å². The van der Waals surface area contributed by atoms with Gasteiger partial charge in [-0.3, -0.25) is 0 Å². The minimum absolute atomic E-state index is 0.267. The zero-order valence-corrected chi connectivity index (χ0v) is 9.87. The summed E-state index contributed by atoms with van der Waals surface area (Å²) in [5, 5.41) is 5.36. The van der Waals surface area contributed by atoms with Crippen LogP contribution in [0.1, 0.15) is 24.3 Å². The molecule has 16 heavy (non-hydrogen) atoms. The molecule has 0 saturated carbocycles. The van der Waals surface area contributed by atoms with E-state index in [1.54, 1.807) is 23.7 Å². The highest BCUT2D eigenvalue weighted by atomic mass is 32.1. The maximum atomic E-state index is 5.53. The minimum atomic E-state index is 0.267. The second kappa shape index (κ2) is 4.94. The van der Waals surface area contributed by atoms with Gasteiger partial charge in [-0.25, -0.2) is 9.97 Å². The molecule has 1 unspecified atom stereocenters. The Bertz CT molecular complexity index is 424. The van der Waals surface area contributed by atoms with E-state index in [1.807, 2.05) is 6.07 Å². The number of nitrogens with two attached hydrogens (primary N) is 1. The molecule has 4 nitrogen and oxygen atoms in total. The Balaban J connectivity index is 2.10. The van der Waals surface area contributed by atoms with Crippen LogP contribution in [0.4, 0.5) is 11.6 Å². The lowest BCUT2D eigenvalue weighted by Crippen LogP contribution is -2.10. The summed E-state index contributed by atoms with van der Waals surface area (Å²) in [6.07, 6.45) is 4.21. The molecule has 0 aliphatic rings. The number of nitrogens with one attached hydrogen (secondary N) is 1. The van der Waals surface area contributed by atoms with Crippen molar-refractivity contribution >= 4 is 23.0 Å². The molecule has 2 aromatic rings. The van der Waals surface area contributed by atoms with Gasteiger partial charge in [0.15, 0.2) is 0 Å². The molecule has 2 aromatic heterocycles. The highest BCUT2D eigenvalue weighted by molar-refractivity contribution is 7.10. The summed E-state index contributed by atoms with van der Waals surface area (Å²) >= 11 is 1.74. The first-order valence-electron chi connectivity index (χ1n) is 5.17. The molecule has 0 bridgehead atoms. The van der Waals surface area contributed by atoms with E-state index in [-0.39, 0.29) is 6.04 Å². The van der Waals surface area contributed by atoms with Crippen LogP contribution in [-0.4, -0.2) is 9.97 Å². The Kier molecular flexibility index (Phi) is 3.36. The summed E-state index contributed by atoms with van der Waals surface area (Å²) in [4.78, 5) is 9.56. The SMILES string of the molecule is CCC(Nc1ncc(N)cn1)c1cccs1. The molecule has 2 rings (SSSR count). The third kappa shape index (κ3) is 2.49. The van der Waals surface area contributed by atoms with E-state index in [0.29, 0.717) is 11.6 Å². The molecule has 5 heteroatoms. The average molecular weight is 234 g/mol. The first-order chi connectivity index (χ1) is 7.79. The van der Waals surface area contributed by atoms with Crippen molar-refractivity contribution < 1.29 is 0 Å². The fourth-order valence-electron chi connectivity index (χ4n) is 1.43. The second-order valence-corrected chi connectivity index (χ2v) is 4.44. The van der Waals surface area contributed by atoms with Crippen molar-refractivity contribution in [2.75, 3.05) is 11.1 Å². The molecule has 0 amide bonds. The van der Waals surface area contributed by atoms with Crippen LogP contribution in [0.2, 0.25) is 0 Å². The zero-order valence-electron chi connectivity index (χ0n) is 9.05. The lowest BCUT2D eigenvalue weighted by atomic mass is 10.2. The van der Waals surface area contributed by atoms with Gasteiger partial charge in [-0.1, -0.05) is 13.0 Å². The molecule has 0 spiro atoms. The van der Waals surface area contributed by atoms with Crippen molar-refractivity contribution in [1.82, 2.24) is 9.97 Å². The third-order valence-electron chi connectivity index (χ3n) is 2.27. The normalized spacial score (nSPS) is 12.3. The van der Waals surface area contributed by atoms with Gasteiger partial charge in [0.1, 0.15) is 0 Å². The molecule has 2 heterocycles. The highest BCUT2D eigenvalue weighted by Crippen LogP contribution is 2.24. The van der Waals surface area contributed by atoms with E-state index in [2.05, 4.69) is 33.7 Å². The number of hydrogen-bond acceptors (Lipinski definition) is 5. The highest BCUT2D eigenvalue weighted by Gasteiger charge is 2.10. The van der Waals surface area contributed by atoms with Crippen molar-refractivity contribution in [3.05, 3.63) is 34.8 Å². The molecule has 0 radical (unpaired) electrons. The van der Waals surface area contributed by atoms with Crippen molar-refractivity contribution in [2.45, 2.75) is 19.4 Å². The monoisotopic (exact) mass is 234 g/mol. The van der Waals surface area contributed by atoms with Gasteiger partial charge in [0.05, 0.1) is 24.1 Å². The van der Waals surface area contributed by atoms with E-state index in [9.17, 15) is 0 Å². The van der Waals surface area contributed by atoms with Gasteiger partial charge in [0.25, 0.3) is 0 Å². The Morgan fingerprint density at radius 2 is 2.19 bits per heavy atom. The summed E-state index contributed by atoms with van der Waals surface area (Å²) in [6, 6.07) is 4.43.